The van der Waals surface area contributed by atoms with Crippen LogP contribution in [0.4, 0.5) is 9.59 Å². The van der Waals surface area contributed by atoms with Crippen LogP contribution >= 0.6 is 0 Å². The zero-order valence-electron chi connectivity index (χ0n) is 22.5. The average Bonchev–Trinajstić information content (AvgIpc) is 2.80. The molecule has 1 unspecified atom stereocenters. The molecule has 200 valence electrons. The van der Waals surface area contributed by atoms with E-state index in [9.17, 15) is 9.59 Å². The van der Waals surface area contributed by atoms with Gasteiger partial charge >= 0.3 is 12.3 Å². The van der Waals surface area contributed by atoms with E-state index in [1.54, 1.807) is 0 Å². The molecule has 0 spiro atoms. The zero-order chi connectivity index (χ0) is 25.0. The summed E-state index contributed by atoms with van der Waals surface area (Å²) in [4.78, 5) is 24.0. The molecule has 0 saturated heterocycles. The Kier molecular flexibility index (Phi) is 17.8. The maximum atomic E-state index is 12.1. The quantitative estimate of drug-likeness (QED) is 0.143. The van der Waals surface area contributed by atoms with Crippen LogP contribution in [0.2, 0.25) is 0 Å². The Bertz CT molecular complexity index is 513. The predicted molar refractivity (Wildman–Crippen MR) is 136 cm³/mol. The lowest BCUT2D eigenvalue weighted by molar-refractivity contribution is -0.0297. The topological polar surface area (TPSA) is 71.1 Å². The summed E-state index contributed by atoms with van der Waals surface area (Å²) >= 11 is 0. The first kappa shape index (κ1) is 30.6. The Morgan fingerprint density at radius 1 is 0.676 bits per heavy atom. The Labute approximate surface area is 208 Å². The first-order valence-corrected chi connectivity index (χ1v) is 14.1. The van der Waals surface area contributed by atoms with Gasteiger partial charge in [0.15, 0.2) is 0 Å². The number of hydrogen-bond donors (Lipinski definition) is 0. The number of hydrogen-bond acceptors (Lipinski definition) is 6. The molecule has 1 aliphatic carbocycles. The summed E-state index contributed by atoms with van der Waals surface area (Å²) in [7, 11) is 0. The second-order valence-electron chi connectivity index (χ2n) is 10.4. The van der Waals surface area contributed by atoms with E-state index in [0.29, 0.717) is 44.8 Å². The second kappa shape index (κ2) is 19.8. The molecule has 0 aliphatic heterocycles. The number of carbonyl (C=O) groups is 2. The van der Waals surface area contributed by atoms with Crippen molar-refractivity contribution in [3.8, 4) is 0 Å². The largest absolute Gasteiger partial charge is 0.508 e. The third-order valence-corrected chi connectivity index (χ3v) is 6.64. The maximum absolute atomic E-state index is 12.1. The molecular formula is C28H52O6. The van der Waals surface area contributed by atoms with Crippen molar-refractivity contribution in [2.75, 3.05) is 13.2 Å². The summed E-state index contributed by atoms with van der Waals surface area (Å²) in [6.45, 7) is 9.74. The highest BCUT2D eigenvalue weighted by Gasteiger charge is 2.27. The van der Waals surface area contributed by atoms with Gasteiger partial charge in [-0.3, -0.25) is 0 Å². The van der Waals surface area contributed by atoms with Gasteiger partial charge in [-0.2, -0.15) is 0 Å². The fourth-order valence-corrected chi connectivity index (χ4v) is 4.54. The molecule has 1 aliphatic rings. The van der Waals surface area contributed by atoms with E-state index < -0.39 is 12.3 Å². The van der Waals surface area contributed by atoms with Gasteiger partial charge in [0.1, 0.15) is 12.2 Å². The van der Waals surface area contributed by atoms with E-state index in [1.165, 1.54) is 44.9 Å². The SMILES string of the molecule is CCCCCC(CCC)COC(=O)OC1CCC(OC(=O)OCCCCCCCC(C)C)CC1. The van der Waals surface area contributed by atoms with E-state index in [2.05, 4.69) is 27.7 Å². The Morgan fingerprint density at radius 3 is 1.82 bits per heavy atom. The fraction of sp³-hybridized carbons (Fsp3) is 0.929. The normalized spacial score (nSPS) is 19.0. The zero-order valence-corrected chi connectivity index (χ0v) is 22.5. The molecule has 1 rings (SSSR count). The van der Waals surface area contributed by atoms with Crippen LogP contribution in [0.15, 0.2) is 0 Å². The third-order valence-electron chi connectivity index (χ3n) is 6.64. The fourth-order valence-electron chi connectivity index (χ4n) is 4.54. The van der Waals surface area contributed by atoms with Gasteiger partial charge in [0.25, 0.3) is 0 Å². The molecule has 0 bridgehead atoms. The molecule has 6 heteroatoms. The van der Waals surface area contributed by atoms with Crippen molar-refractivity contribution in [1.29, 1.82) is 0 Å². The second-order valence-corrected chi connectivity index (χ2v) is 10.4. The Hall–Kier alpha value is -1.46. The van der Waals surface area contributed by atoms with Crippen LogP contribution in [-0.4, -0.2) is 37.7 Å². The summed E-state index contributed by atoms with van der Waals surface area (Å²) in [5.41, 5.74) is 0. The van der Waals surface area contributed by atoms with E-state index >= 15 is 0 Å². The Balaban J connectivity index is 2.09. The molecule has 0 aromatic rings. The van der Waals surface area contributed by atoms with Crippen molar-refractivity contribution in [2.45, 2.75) is 143 Å². The average molecular weight is 485 g/mol. The van der Waals surface area contributed by atoms with Crippen LogP contribution in [0, 0.1) is 11.8 Å². The van der Waals surface area contributed by atoms with Crippen molar-refractivity contribution in [1.82, 2.24) is 0 Å². The molecule has 0 aromatic heterocycles. The molecule has 6 nitrogen and oxygen atoms in total. The van der Waals surface area contributed by atoms with E-state index in [1.807, 2.05) is 0 Å². The summed E-state index contributed by atoms with van der Waals surface area (Å²) in [5, 5.41) is 0. The predicted octanol–water partition coefficient (Wildman–Crippen LogP) is 8.60. The molecule has 34 heavy (non-hydrogen) atoms. The molecular weight excluding hydrogens is 432 g/mol. The van der Waals surface area contributed by atoms with Crippen LogP contribution in [0.5, 0.6) is 0 Å². The van der Waals surface area contributed by atoms with Crippen LogP contribution < -0.4 is 0 Å². The van der Waals surface area contributed by atoms with Gasteiger partial charge in [-0.15, -0.1) is 0 Å². The van der Waals surface area contributed by atoms with Gasteiger partial charge in [0.05, 0.1) is 13.2 Å². The standard InChI is InChI=1S/C28H52O6/c1-5-7-11-16-24(14-6-2)22-32-28(30)34-26-19-17-25(18-20-26)33-27(29)31-21-13-10-8-9-12-15-23(3)4/h23-26H,5-22H2,1-4H3. The van der Waals surface area contributed by atoms with Crippen molar-refractivity contribution < 1.29 is 28.5 Å². The van der Waals surface area contributed by atoms with Crippen molar-refractivity contribution in [2.24, 2.45) is 11.8 Å². The molecule has 0 N–H and O–H groups in total. The van der Waals surface area contributed by atoms with Gasteiger partial charge in [-0.05, 0) is 56.8 Å². The van der Waals surface area contributed by atoms with Crippen LogP contribution in [0.3, 0.4) is 0 Å². The van der Waals surface area contributed by atoms with E-state index in [0.717, 1.165) is 38.0 Å². The number of ether oxygens (including phenoxy) is 4. The van der Waals surface area contributed by atoms with Gasteiger partial charge in [-0.25, -0.2) is 9.59 Å². The van der Waals surface area contributed by atoms with Gasteiger partial charge in [0.2, 0.25) is 0 Å². The van der Waals surface area contributed by atoms with E-state index in [-0.39, 0.29) is 12.2 Å². The summed E-state index contributed by atoms with van der Waals surface area (Å²) in [5.74, 6) is 1.20. The van der Waals surface area contributed by atoms with Crippen LogP contribution in [0.1, 0.15) is 130 Å². The summed E-state index contributed by atoms with van der Waals surface area (Å²) in [6, 6.07) is 0. The minimum atomic E-state index is -0.575. The molecule has 0 aromatic carbocycles. The molecule has 1 saturated carbocycles. The summed E-state index contributed by atoms with van der Waals surface area (Å²) < 4.78 is 21.6. The smallest absolute Gasteiger partial charge is 0.434 e. The lowest BCUT2D eigenvalue weighted by atomic mass is 9.95. The lowest BCUT2D eigenvalue weighted by Gasteiger charge is -2.27. The molecule has 1 fully saturated rings. The molecule has 0 amide bonds. The van der Waals surface area contributed by atoms with Crippen molar-refractivity contribution in [3.05, 3.63) is 0 Å². The van der Waals surface area contributed by atoms with Gasteiger partial charge in [0, 0.05) is 0 Å². The third kappa shape index (κ3) is 16.2. The Morgan fingerprint density at radius 2 is 1.24 bits per heavy atom. The van der Waals surface area contributed by atoms with Crippen molar-refractivity contribution in [3.63, 3.8) is 0 Å². The highest BCUT2D eigenvalue weighted by atomic mass is 16.7. The minimum absolute atomic E-state index is 0.160. The molecule has 0 heterocycles. The van der Waals surface area contributed by atoms with Gasteiger partial charge in [-0.1, -0.05) is 85.5 Å². The first-order valence-electron chi connectivity index (χ1n) is 14.1. The number of carbonyl (C=O) groups excluding carboxylic acids is 2. The van der Waals surface area contributed by atoms with Gasteiger partial charge < -0.3 is 18.9 Å². The maximum Gasteiger partial charge on any atom is 0.508 e. The van der Waals surface area contributed by atoms with Crippen molar-refractivity contribution >= 4 is 12.3 Å². The lowest BCUT2D eigenvalue weighted by Crippen LogP contribution is -2.30. The number of unbranched alkanes of at least 4 members (excludes halogenated alkanes) is 6. The van der Waals surface area contributed by atoms with Crippen LogP contribution in [0.25, 0.3) is 0 Å². The molecule has 1 atom stereocenters. The van der Waals surface area contributed by atoms with Crippen LogP contribution in [-0.2, 0) is 18.9 Å². The highest BCUT2D eigenvalue weighted by molar-refractivity contribution is 5.60. The highest BCUT2D eigenvalue weighted by Crippen LogP contribution is 2.25. The number of rotatable bonds is 18. The molecule has 0 radical (unpaired) electrons. The van der Waals surface area contributed by atoms with E-state index in [4.69, 9.17) is 18.9 Å². The first-order chi connectivity index (χ1) is 16.4. The monoisotopic (exact) mass is 484 g/mol. The minimum Gasteiger partial charge on any atom is -0.434 e. The summed E-state index contributed by atoms with van der Waals surface area (Å²) in [6.07, 6.45) is 15.1.